The van der Waals surface area contributed by atoms with Gasteiger partial charge >= 0.3 is 5.97 Å². The molecule has 1 aromatic carbocycles. The third-order valence-electron chi connectivity index (χ3n) is 3.56. The van der Waals surface area contributed by atoms with Gasteiger partial charge in [-0.2, -0.15) is 0 Å². The van der Waals surface area contributed by atoms with E-state index >= 15 is 0 Å². The van der Waals surface area contributed by atoms with Crippen LogP contribution in [0.3, 0.4) is 0 Å². The lowest BCUT2D eigenvalue weighted by Crippen LogP contribution is -2.22. The molecule has 0 aliphatic heterocycles. The number of rotatable bonds is 3. The van der Waals surface area contributed by atoms with Gasteiger partial charge in [0.2, 0.25) is 0 Å². The van der Waals surface area contributed by atoms with Gasteiger partial charge in [0.1, 0.15) is 0 Å². The summed E-state index contributed by atoms with van der Waals surface area (Å²) in [6, 6.07) is 10.5. The smallest absolute Gasteiger partial charge is 0.306 e. The molecule has 16 heavy (non-hydrogen) atoms. The molecule has 2 heteroatoms. The molecule has 0 spiro atoms. The second kappa shape index (κ2) is 5.15. The SMILES string of the molecule is O=C(O)[C@H]1CC[C@@H](Cc2ccccc2)CC1. The zero-order chi connectivity index (χ0) is 11.4. The highest BCUT2D eigenvalue weighted by Crippen LogP contribution is 2.31. The van der Waals surface area contributed by atoms with Crippen LogP contribution in [-0.2, 0) is 11.2 Å². The summed E-state index contributed by atoms with van der Waals surface area (Å²) >= 11 is 0. The van der Waals surface area contributed by atoms with E-state index in [4.69, 9.17) is 5.11 Å². The fourth-order valence-corrected chi connectivity index (χ4v) is 2.56. The lowest BCUT2D eigenvalue weighted by Gasteiger charge is -2.26. The maximum atomic E-state index is 10.8. The molecule has 1 fully saturated rings. The number of aliphatic carboxylic acids is 1. The number of hydrogen-bond acceptors (Lipinski definition) is 1. The molecule has 0 bridgehead atoms. The van der Waals surface area contributed by atoms with E-state index in [0.717, 1.165) is 32.1 Å². The summed E-state index contributed by atoms with van der Waals surface area (Å²) < 4.78 is 0. The van der Waals surface area contributed by atoms with E-state index in [2.05, 4.69) is 24.3 Å². The quantitative estimate of drug-likeness (QED) is 0.846. The first-order valence-electron chi connectivity index (χ1n) is 6.02. The van der Waals surface area contributed by atoms with Crippen molar-refractivity contribution in [1.82, 2.24) is 0 Å². The summed E-state index contributed by atoms with van der Waals surface area (Å²) in [7, 11) is 0. The Labute approximate surface area is 96.3 Å². The van der Waals surface area contributed by atoms with E-state index < -0.39 is 5.97 Å². The fourth-order valence-electron chi connectivity index (χ4n) is 2.56. The van der Waals surface area contributed by atoms with E-state index in [0.29, 0.717) is 5.92 Å². The van der Waals surface area contributed by atoms with Crippen LogP contribution in [0.1, 0.15) is 31.2 Å². The number of benzene rings is 1. The monoisotopic (exact) mass is 218 g/mol. The van der Waals surface area contributed by atoms with Crippen molar-refractivity contribution in [2.75, 3.05) is 0 Å². The third-order valence-corrected chi connectivity index (χ3v) is 3.56. The summed E-state index contributed by atoms with van der Waals surface area (Å²) in [5.41, 5.74) is 1.38. The van der Waals surface area contributed by atoms with Gasteiger partial charge in [-0.15, -0.1) is 0 Å². The standard InChI is InChI=1S/C14H18O2/c15-14(16)13-8-6-12(7-9-13)10-11-4-2-1-3-5-11/h1-5,12-13H,6-10H2,(H,15,16)/t12-,13+. The van der Waals surface area contributed by atoms with Crippen molar-refractivity contribution in [1.29, 1.82) is 0 Å². The van der Waals surface area contributed by atoms with E-state index in [-0.39, 0.29) is 5.92 Å². The first kappa shape index (κ1) is 11.2. The van der Waals surface area contributed by atoms with Crippen LogP contribution in [0.4, 0.5) is 0 Å². The molecule has 1 saturated carbocycles. The Morgan fingerprint density at radius 2 is 1.75 bits per heavy atom. The van der Waals surface area contributed by atoms with Crippen molar-refractivity contribution in [2.45, 2.75) is 32.1 Å². The molecule has 0 radical (unpaired) electrons. The van der Waals surface area contributed by atoms with Gasteiger partial charge in [-0.1, -0.05) is 30.3 Å². The topological polar surface area (TPSA) is 37.3 Å². The first-order valence-corrected chi connectivity index (χ1v) is 6.02. The zero-order valence-electron chi connectivity index (χ0n) is 9.43. The second-order valence-corrected chi connectivity index (χ2v) is 4.75. The van der Waals surface area contributed by atoms with Crippen LogP contribution in [-0.4, -0.2) is 11.1 Å². The summed E-state index contributed by atoms with van der Waals surface area (Å²) in [5, 5.41) is 8.91. The molecule has 2 rings (SSSR count). The second-order valence-electron chi connectivity index (χ2n) is 4.75. The minimum absolute atomic E-state index is 0.0907. The van der Waals surface area contributed by atoms with Crippen molar-refractivity contribution in [3.63, 3.8) is 0 Å². The average Bonchev–Trinajstić information content (AvgIpc) is 2.31. The van der Waals surface area contributed by atoms with E-state index in [9.17, 15) is 4.79 Å². The molecule has 1 aliphatic carbocycles. The molecule has 0 heterocycles. The molecule has 86 valence electrons. The average molecular weight is 218 g/mol. The lowest BCUT2D eigenvalue weighted by molar-refractivity contribution is -0.143. The highest BCUT2D eigenvalue weighted by molar-refractivity contribution is 5.69. The molecule has 0 aromatic heterocycles. The molecule has 0 amide bonds. The van der Waals surface area contributed by atoms with Crippen molar-refractivity contribution in [3.8, 4) is 0 Å². The predicted octanol–water partition coefficient (Wildman–Crippen LogP) is 3.12. The van der Waals surface area contributed by atoms with Crippen LogP contribution in [0.5, 0.6) is 0 Å². The van der Waals surface area contributed by atoms with Crippen LogP contribution >= 0.6 is 0 Å². The van der Waals surface area contributed by atoms with E-state index in [1.54, 1.807) is 0 Å². The lowest BCUT2D eigenvalue weighted by atomic mass is 9.79. The van der Waals surface area contributed by atoms with Crippen molar-refractivity contribution in [3.05, 3.63) is 35.9 Å². The van der Waals surface area contributed by atoms with Gasteiger partial charge in [0, 0.05) is 0 Å². The number of carboxylic acids is 1. The van der Waals surface area contributed by atoms with Crippen LogP contribution in [0.15, 0.2) is 30.3 Å². The molecule has 2 nitrogen and oxygen atoms in total. The molecule has 1 N–H and O–H groups in total. The minimum atomic E-state index is -0.613. The molecular weight excluding hydrogens is 200 g/mol. The maximum absolute atomic E-state index is 10.8. The molecule has 1 aromatic rings. The Bertz CT molecular complexity index is 337. The summed E-state index contributed by atoms with van der Waals surface area (Å²) in [4.78, 5) is 10.8. The first-order chi connectivity index (χ1) is 7.75. The third kappa shape index (κ3) is 2.84. The van der Waals surface area contributed by atoms with Gasteiger partial charge in [0.15, 0.2) is 0 Å². The highest BCUT2D eigenvalue weighted by atomic mass is 16.4. The van der Waals surface area contributed by atoms with Gasteiger partial charge in [0.25, 0.3) is 0 Å². The number of hydrogen-bond donors (Lipinski definition) is 1. The highest BCUT2D eigenvalue weighted by Gasteiger charge is 2.25. The molecule has 0 saturated heterocycles. The zero-order valence-corrected chi connectivity index (χ0v) is 9.43. The van der Waals surface area contributed by atoms with Crippen molar-refractivity contribution < 1.29 is 9.90 Å². The largest absolute Gasteiger partial charge is 0.481 e. The van der Waals surface area contributed by atoms with Gasteiger partial charge in [-0.3, -0.25) is 4.79 Å². The van der Waals surface area contributed by atoms with E-state index in [1.165, 1.54) is 5.56 Å². The Balaban J connectivity index is 1.84. The van der Waals surface area contributed by atoms with E-state index in [1.807, 2.05) is 6.07 Å². The van der Waals surface area contributed by atoms with Crippen LogP contribution in [0.2, 0.25) is 0 Å². The van der Waals surface area contributed by atoms with Gasteiger partial charge < -0.3 is 5.11 Å². The van der Waals surface area contributed by atoms with Gasteiger partial charge in [-0.05, 0) is 43.6 Å². The molecular formula is C14H18O2. The van der Waals surface area contributed by atoms with Gasteiger partial charge in [-0.25, -0.2) is 0 Å². The van der Waals surface area contributed by atoms with Crippen molar-refractivity contribution >= 4 is 5.97 Å². The molecule has 0 unspecified atom stereocenters. The maximum Gasteiger partial charge on any atom is 0.306 e. The summed E-state index contributed by atoms with van der Waals surface area (Å²) in [6.45, 7) is 0. The van der Waals surface area contributed by atoms with Crippen LogP contribution in [0.25, 0.3) is 0 Å². The fraction of sp³-hybridized carbons (Fsp3) is 0.500. The minimum Gasteiger partial charge on any atom is -0.481 e. The summed E-state index contributed by atoms with van der Waals surface area (Å²) in [5.74, 6) is -0.0248. The Morgan fingerprint density at radius 1 is 1.12 bits per heavy atom. The normalized spacial score (nSPS) is 25.2. The number of carbonyl (C=O) groups is 1. The van der Waals surface area contributed by atoms with Crippen LogP contribution in [0, 0.1) is 11.8 Å². The van der Waals surface area contributed by atoms with Crippen molar-refractivity contribution in [2.24, 2.45) is 11.8 Å². The summed E-state index contributed by atoms with van der Waals surface area (Å²) in [6.07, 6.45) is 4.94. The molecule has 1 aliphatic rings. The Kier molecular flexibility index (Phi) is 3.60. The Hall–Kier alpha value is -1.31. The predicted molar refractivity (Wildman–Crippen MR) is 63.2 cm³/mol. The number of carboxylic acid groups (broad SMARTS) is 1. The Morgan fingerprint density at radius 3 is 2.31 bits per heavy atom. The molecule has 0 atom stereocenters. The van der Waals surface area contributed by atoms with Gasteiger partial charge in [0.05, 0.1) is 5.92 Å². The van der Waals surface area contributed by atoms with Crippen LogP contribution < -0.4 is 0 Å².